The average Bonchev–Trinajstić information content (AvgIpc) is 2.84. The number of aryl methyl sites for hydroxylation is 1. The number of hydrogen-bond acceptors (Lipinski definition) is 4. The highest BCUT2D eigenvalue weighted by molar-refractivity contribution is 7.95. The van der Waals surface area contributed by atoms with E-state index in [2.05, 4.69) is 4.98 Å². The Balaban J connectivity index is 0.00000225. The van der Waals surface area contributed by atoms with Gasteiger partial charge in [0.2, 0.25) is 9.84 Å². The molecule has 0 radical (unpaired) electrons. The molecule has 1 atom stereocenters. The summed E-state index contributed by atoms with van der Waals surface area (Å²) in [5.74, 6) is 0. The fourth-order valence-electron chi connectivity index (χ4n) is 2.78. The Morgan fingerprint density at radius 3 is 2.56 bits per heavy atom. The van der Waals surface area contributed by atoms with E-state index in [1.807, 2.05) is 18.2 Å². The van der Waals surface area contributed by atoms with E-state index in [4.69, 9.17) is 0 Å². The number of rotatable bonds is 4. The quantitative estimate of drug-likeness (QED) is 0.581. The predicted molar refractivity (Wildman–Crippen MR) is 88.0 cm³/mol. The van der Waals surface area contributed by atoms with Crippen LogP contribution in [0.3, 0.4) is 0 Å². The number of sulfone groups is 1. The number of hydrogen-bond donors (Lipinski definition) is 1. The molecule has 0 saturated heterocycles. The van der Waals surface area contributed by atoms with Gasteiger partial charge in [0.15, 0.2) is 18.9 Å². The van der Waals surface area contributed by atoms with Crippen LogP contribution >= 0.6 is 0 Å². The molecule has 134 valence electrons. The molecule has 3 heterocycles. The van der Waals surface area contributed by atoms with E-state index in [1.54, 1.807) is 30.0 Å². The molecule has 0 spiro atoms. The van der Waals surface area contributed by atoms with Crippen molar-refractivity contribution >= 4 is 9.84 Å². The Morgan fingerprint density at radius 1 is 1.24 bits per heavy atom. The largest absolute Gasteiger partial charge is 1.00 e. The van der Waals surface area contributed by atoms with Gasteiger partial charge in [0.05, 0.1) is 0 Å². The Bertz CT molecular complexity index is 1010. The van der Waals surface area contributed by atoms with Gasteiger partial charge in [0.1, 0.15) is 10.3 Å². The molecule has 0 saturated carbocycles. The van der Waals surface area contributed by atoms with Crippen molar-refractivity contribution in [1.29, 1.82) is 0 Å². The minimum absolute atomic E-state index is 0. The number of halogens is 1. The molecule has 0 aromatic carbocycles. The topological polar surface area (TPSA) is 92.9 Å². The molecule has 1 aliphatic rings. The van der Waals surface area contributed by atoms with E-state index >= 15 is 0 Å². The maximum absolute atomic E-state index is 12.8. The molecule has 0 bridgehead atoms. The third-order valence-electron chi connectivity index (χ3n) is 4.12. The molecular weight excluding hydrogens is 366 g/mol. The summed E-state index contributed by atoms with van der Waals surface area (Å²) in [6.45, 7) is 2.00. The minimum atomic E-state index is -3.66. The standard InChI is InChI=1S/C16H17N3O4S.ClH/c1-2-12-10-19(16(21)17-15(12)20)14-7-6-13(24(14,22)23)11-18-8-4-3-5-9-18;/h3-6,8-10,14H,2,7,11H2,1H3;1H/t14-;/m0./s1. The molecule has 1 aliphatic heterocycles. The summed E-state index contributed by atoms with van der Waals surface area (Å²) >= 11 is 0. The molecule has 0 fully saturated rings. The minimum Gasteiger partial charge on any atom is -1.00 e. The number of allylic oxidation sites excluding steroid dienone is 2. The smallest absolute Gasteiger partial charge is 0.329 e. The molecule has 7 nitrogen and oxygen atoms in total. The van der Waals surface area contributed by atoms with E-state index in [0.717, 1.165) is 4.57 Å². The van der Waals surface area contributed by atoms with Crippen LogP contribution in [0.5, 0.6) is 0 Å². The second-order valence-corrected chi connectivity index (χ2v) is 7.79. The first-order valence-electron chi connectivity index (χ1n) is 7.65. The van der Waals surface area contributed by atoms with Crippen molar-refractivity contribution in [3.8, 4) is 0 Å². The summed E-state index contributed by atoms with van der Waals surface area (Å²) in [5, 5.41) is -1.01. The summed E-state index contributed by atoms with van der Waals surface area (Å²) in [4.78, 5) is 26.2. The van der Waals surface area contributed by atoms with Gasteiger partial charge >= 0.3 is 5.69 Å². The van der Waals surface area contributed by atoms with Gasteiger partial charge in [-0.3, -0.25) is 14.3 Å². The Labute approximate surface area is 151 Å². The van der Waals surface area contributed by atoms with Crippen molar-refractivity contribution < 1.29 is 25.4 Å². The number of nitrogens with zero attached hydrogens (tertiary/aromatic N) is 2. The average molecular weight is 384 g/mol. The zero-order valence-electron chi connectivity index (χ0n) is 13.6. The maximum atomic E-state index is 12.8. The lowest BCUT2D eigenvalue weighted by atomic mass is 10.2. The summed E-state index contributed by atoms with van der Waals surface area (Å²) in [6.07, 6.45) is 7.19. The fourth-order valence-corrected chi connectivity index (χ4v) is 4.59. The molecule has 0 unspecified atom stereocenters. The number of aromatic nitrogens is 3. The lowest BCUT2D eigenvalue weighted by molar-refractivity contribution is -0.687. The van der Waals surface area contributed by atoms with E-state index in [9.17, 15) is 18.0 Å². The zero-order chi connectivity index (χ0) is 17.3. The first kappa shape index (κ1) is 19.1. The Morgan fingerprint density at radius 2 is 1.92 bits per heavy atom. The second kappa shape index (κ2) is 7.37. The molecule has 2 aromatic rings. The fraction of sp³-hybridized carbons (Fsp3) is 0.312. The second-order valence-electron chi connectivity index (χ2n) is 5.63. The van der Waals surface area contributed by atoms with Crippen molar-refractivity contribution in [2.75, 3.05) is 0 Å². The summed E-state index contributed by atoms with van der Waals surface area (Å²) in [6, 6.07) is 5.49. The van der Waals surface area contributed by atoms with E-state index in [1.165, 1.54) is 6.20 Å². The predicted octanol–water partition coefficient (Wildman–Crippen LogP) is -2.71. The van der Waals surface area contributed by atoms with E-state index in [0.29, 0.717) is 12.0 Å². The summed E-state index contributed by atoms with van der Waals surface area (Å²) in [7, 11) is -3.66. The van der Waals surface area contributed by atoms with Crippen molar-refractivity contribution in [2.24, 2.45) is 0 Å². The van der Waals surface area contributed by atoms with Crippen LogP contribution in [0.15, 0.2) is 57.4 Å². The highest BCUT2D eigenvalue weighted by Gasteiger charge is 2.38. The Hall–Kier alpha value is -2.19. The lowest BCUT2D eigenvalue weighted by Gasteiger charge is -2.14. The molecule has 1 N–H and O–H groups in total. The molecule has 0 amide bonds. The molecule has 2 aromatic heterocycles. The summed E-state index contributed by atoms with van der Waals surface area (Å²) in [5.41, 5.74) is -0.786. The van der Waals surface area contributed by atoms with Crippen molar-refractivity contribution in [3.63, 3.8) is 0 Å². The van der Waals surface area contributed by atoms with Crippen LogP contribution in [-0.2, 0) is 22.8 Å². The van der Waals surface area contributed by atoms with Crippen LogP contribution < -0.4 is 28.2 Å². The molecule has 9 heteroatoms. The monoisotopic (exact) mass is 383 g/mol. The van der Waals surface area contributed by atoms with Crippen molar-refractivity contribution in [1.82, 2.24) is 9.55 Å². The number of pyridine rings is 1. The third kappa shape index (κ3) is 3.59. The van der Waals surface area contributed by atoms with Gasteiger partial charge in [-0.2, -0.15) is 0 Å². The zero-order valence-corrected chi connectivity index (χ0v) is 15.1. The summed E-state index contributed by atoms with van der Waals surface area (Å²) < 4.78 is 28.5. The molecule has 3 rings (SSSR count). The van der Waals surface area contributed by atoms with Gasteiger partial charge in [0.25, 0.3) is 5.56 Å². The third-order valence-corrected chi connectivity index (χ3v) is 6.28. The Kier molecular flexibility index (Phi) is 5.64. The van der Waals surface area contributed by atoms with Crippen LogP contribution in [0.1, 0.15) is 24.3 Å². The van der Waals surface area contributed by atoms with Crippen LogP contribution in [0.25, 0.3) is 0 Å². The maximum Gasteiger partial charge on any atom is 0.329 e. The van der Waals surface area contributed by atoms with Gasteiger partial charge in [-0.1, -0.05) is 19.1 Å². The first-order valence-corrected chi connectivity index (χ1v) is 9.19. The van der Waals surface area contributed by atoms with Gasteiger partial charge < -0.3 is 12.4 Å². The van der Waals surface area contributed by atoms with Gasteiger partial charge in [-0.25, -0.2) is 17.8 Å². The van der Waals surface area contributed by atoms with Gasteiger partial charge in [0, 0.05) is 30.3 Å². The van der Waals surface area contributed by atoms with Crippen LogP contribution in [-0.4, -0.2) is 18.0 Å². The number of nitrogens with one attached hydrogen (secondary N) is 1. The van der Waals surface area contributed by atoms with Crippen molar-refractivity contribution in [3.05, 3.63) is 74.2 Å². The van der Waals surface area contributed by atoms with Crippen molar-refractivity contribution in [2.45, 2.75) is 31.7 Å². The normalized spacial score (nSPS) is 18.4. The van der Waals surface area contributed by atoms with E-state index < -0.39 is 26.5 Å². The van der Waals surface area contributed by atoms with Gasteiger partial charge in [-0.05, 0) is 6.42 Å². The lowest BCUT2D eigenvalue weighted by Crippen LogP contribution is -3.00. The number of aromatic amines is 1. The number of H-pyrrole nitrogens is 1. The van der Waals surface area contributed by atoms with E-state index in [-0.39, 0.29) is 30.3 Å². The molecule has 0 aliphatic carbocycles. The van der Waals surface area contributed by atoms with Crippen LogP contribution in [0.2, 0.25) is 0 Å². The van der Waals surface area contributed by atoms with Crippen LogP contribution in [0.4, 0.5) is 0 Å². The molecular formula is C16H18ClN3O4S. The highest BCUT2D eigenvalue weighted by atomic mass is 35.5. The molecule has 25 heavy (non-hydrogen) atoms. The highest BCUT2D eigenvalue weighted by Crippen LogP contribution is 2.32. The SMILES string of the molecule is CCc1cn([C@@H]2CC=C(C[n+]3ccccc3)S2(=O)=O)c(=O)[nH]c1=O.[Cl-]. The first-order chi connectivity index (χ1) is 11.4. The van der Waals surface area contributed by atoms with Crippen LogP contribution in [0, 0.1) is 0 Å². The van der Waals surface area contributed by atoms with Gasteiger partial charge in [-0.15, -0.1) is 0 Å².